The van der Waals surface area contributed by atoms with Crippen molar-refractivity contribution < 1.29 is 39.3 Å². The van der Waals surface area contributed by atoms with Gasteiger partial charge in [0.1, 0.15) is 5.75 Å². The maximum Gasteiger partial charge on any atom is 0.235 e. The van der Waals surface area contributed by atoms with E-state index in [9.17, 15) is 39.3 Å². The second-order valence-electron chi connectivity index (χ2n) is 9.22. The van der Waals surface area contributed by atoms with Crippen molar-refractivity contribution in [3.05, 3.63) is 27.7 Å². The predicted molar refractivity (Wildman–Crippen MR) is 115 cm³/mol. The first-order chi connectivity index (χ1) is 15.3. The molecule has 1 aromatic rings. The number of benzene rings is 1. The molecular weight excluding hydrogens is 500 g/mol. The molecule has 11 heteroatoms. The van der Waals surface area contributed by atoms with Crippen molar-refractivity contribution in [3.8, 4) is 5.75 Å². The minimum absolute atomic E-state index is 0.143. The van der Waals surface area contributed by atoms with Crippen LogP contribution in [0.5, 0.6) is 5.75 Å². The third kappa shape index (κ3) is 2.86. The van der Waals surface area contributed by atoms with E-state index in [1.165, 1.54) is 31.1 Å². The van der Waals surface area contributed by atoms with E-state index >= 15 is 0 Å². The molecule has 33 heavy (non-hydrogen) atoms. The van der Waals surface area contributed by atoms with Crippen LogP contribution in [0.2, 0.25) is 0 Å². The Morgan fingerprint density at radius 1 is 1.15 bits per heavy atom. The topological polar surface area (TPSA) is 175 Å². The Morgan fingerprint density at radius 3 is 2.30 bits per heavy atom. The number of likely N-dealkylation sites (N-methyl/N-ethyl adjacent to an activating group) is 1. The Labute approximate surface area is 196 Å². The van der Waals surface area contributed by atoms with E-state index in [0.717, 1.165) is 0 Å². The molecule has 0 spiro atoms. The number of hydrogen-bond donors (Lipinski definition) is 4. The van der Waals surface area contributed by atoms with Crippen molar-refractivity contribution in [2.24, 2.45) is 29.4 Å². The van der Waals surface area contributed by atoms with E-state index in [1.54, 1.807) is 6.92 Å². The second kappa shape index (κ2) is 7.52. The number of aliphatic hydroxyl groups is 2. The van der Waals surface area contributed by atoms with E-state index in [4.69, 9.17) is 5.73 Å². The minimum Gasteiger partial charge on any atom is -0.507 e. The molecule has 1 amide bonds. The number of Topliss-reactive ketones (excluding diaryl/α,β-unsaturated/α-hetero) is 4. The van der Waals surface area contributed by atoms with Gasteiger partial charge in [-0.05, 0) is 37.7 Å². The molecule has 0 saturated heterocycles. The van der Waals surface area contributed by atoms with Crippen molar-refractivity contribution >= 4 is 45.0 Å². The molecule has 0 heterocycles. The molecule has 2 saturated carbocycles. The number of fused-ring (bicyclic) bond motifs is 3. The van der Waals surface area contributed by atoms with E-state index in [-0.39, 0.29) is 11.3 Å². The van der Waals surface area contributed by atoms with Crippen molar-refractivity contribution in [2.75, 3.05) is 14.1 Å². The van der Waals surface area contributed by atoms with Crippen LogP contribution in [0.1, 0.15) is 28.8 Å². The van der Waals surface area contributed by atoms with Gasteiger partial charge in [0.05, 0.1) is 29.5 Å². The normalized spacial score (nSPS) is 38.1. The smallest absolute Gasteiger partial charge is 0.235 e. The van der Waals surface area contributed by atoms with Crippen LogP contribution < -0.4 is 5.73 Å². The monoisotopic (exact) mass is 522 g/mol. The molecule has 5 N–H and O–H groups in total. The molecule has 10 nitrogen and oxygen atoms in total. The molecule has 8 atom stereocenters. The molecule has 2 unspecified atom stereocenters. The van der Waals surface area contributed by atoms with Crippen molar-refractivity contribution in [1.82, 2.24) is 4.90 Å². The van der Waals surface area contributed by atoms with Crippen LogP contribution in [-0.4, -0.2) is 81.1 Å². The average molecular weight is 523 g/mol. The summed E-state index contributed by atoms with van der Waals surface area (Å²) in [5.41, 5.74) is 2.51. The van der Waals surface area contributed by atoms with Crippen LogP contribution in [0.4, 0.5) is 0 Å². The van der Waals surface area contributed by atoms with Crippen LogP contribution in [0, 0.1) is 23.7 Å². The highest BCUT2D eigenvalue weighted by molar-refractivity contribution is 9.10. The Bertz CT molecular complexity index is 1130. The summed E-state index contributed by atoms with van der Waals surface area (Å²) >= 11 is 3.35. The van der Waals surface area contributed by atoms with Gasteiger partial charge in [0.25, 0.3) is 0 Å². The molecule has 4 rings (SSSR count). The zero-order valence-corrected chi connectivity index (χ0v) is 19.6. The fourth-order valence-electron chi connectivity index (χ4n) is 6.02. The van der Waals surface area contributed by atoms with E-state index < -0.39 is 76.4 Å². The molecule has 1 aromatic carbocycles. The van der Waals surface area contributed by atoms with Crippen molar-refractivity contribution in [2.45, 2.75) is 30.6 Å². The number of amides is 1. The van der Waals surface area contributed by atoms with Crippen LogP contribution in [0.25, 0.3) is 0 Å². The molecule has 0 aromatic heterocycles. The Morgan fingerprint density at radius 2 is 1.76 bits per heavy atom. The van der Waals surface area contributed by atoms with Gasteiger partial charge < -0.3 is 21.1 Å². The standard InChI is InChI=1S/C22H23BrN2O8/c1-6-9-7(23)4-5-8(26)11(9)16(27)12-10(6)17(28)14-15(25(2)3)18(29)13(21(24)32)20(31)22(14,33)19(12)30/h4-6,10,12-15,17,26,28,33H,1-3H3,(H2,24,32)/t6-,10+,12?,13?,14+,15-,17-,22-/m0/s1. The number of nitrogens with two attached hydrogens (primary N) is 1. The summed E-state index contributed by atoms with van der Waals surface area (Å²) < 4.78 is 0.476. The maximum absolute atomic E-state index is 13.7. The van der Waals surface area contributed by atoms with Gasteiger partial charge in [0.15, 0.2) is 34.7 Å². The lowest BCUT2D eigenvalue weighted by Gasteiger charge is -2.56. The lowest BCUT2D eigenvalue weighted by atomic mass is 9.49. The number of ketones is 4. The predicted octanol–water partition coefficient (Wildman–Crippen LogP) is -0.839. The zero-order valence-electron chi connectivity index (χ0n) is 18.0. The van der Waals surface area contributed by atoms with Gasteiger partial charge in [-0.25, -0.2) is 0 Å². The number of carbonyl (C=O) groups is 5. The summed E-state index contributed by atoms with van der Waals surface area (Å²) in [4.78, 5) is 66.7. The van der Waals surface area contributed by atoms with Gasteiger partial charge in [-0.3, -0.25) is 28.9 Å². The highest BCUT2D eigenvalue weighted by Crippen LogP contribution is 2.55. The number of nitrogens with zero attached hydrogens (tertiary/aromatic N) is 1. The summed E-state index contributed by atoms with van der Waals surface area (Å²) in [6, 6.07) is 1.41. The summed E-state index contributed by atoms with van der Waals surface area (Å²) in [5.74, 6) is -13.3. The number of primary amides is 1. The zero-order chi connectivity index (χ0) is 24.7. The molecule has 2 fully saturated rings. The van der Waals surface area contributed by atoms with E-state index in [1.807, 2.05) is 0 Å². The number of hydrogen-bond acceptors (Lipinski definition) is 9. The summed E-state index contributed by atoms with van der Waals surface area (Å²) in [6.45, 7) is 1.65. The van der Waals surface area contributed by atoms with E-state index in [0.29, 0.717) is 10.0 Å². The van der Waals surface area contributed by atoms with Gasteiger partial charge in [0.2, 0.25) is 5.91 Å². The molecule has 0 bridgehead atoms. The molecule has 3 aliphatic carbocycles. The average Bonchev–Trinajstić information content (AvgIpc) is 2.72. The fraction of sp³-hybridized carbons (Fsp3) is 0.500. The minimum atomic E-state index is -2.99. The highest BCUT2D eigenvalue weighted by atomic mass is 79.9. The van der Waals surface area contributed by atoms with Crippen molar-refractivity contribution in [1.29, 1.82) is 0 Å². The third-order valence-corrected chi connectivity index (χ3v) is 8.11. The maximum atomic E-state index is 13.7. The first kappa shape index (κ1) is 23.7. The van der Waals surface area contributed by atoms with Crippen LogP contribution in [0.15, 0.2) is 16.6 Å². The molecular formula is C22H23BrN2O8. The molecule has 3 aliphatic rings. The first-order valence-electron chi connectivity index (χ1n) is 10.3. The summed E-state index contributed by atoms with van der Waals surface area (Å²) in [7, 11) is 2.89. The lowest BCUT2D eigenvalue weighted by molar-refractivity contribution is -0.196. The Hall–Kier alpha value is -2.47. The van der Waals surface area contributed by atoms with Crippen LogP contribution in [0.3, 0.4) is 0 Å². The number of aromatic hydroxyl groups is 1. The van der Waals surface area contributed by atoms with Crippen LogP contribution in [-0.2, 0) is 19.2 Å². The molecule has 0 aliphatic heterocycles. The van der Waals surface area contributed by atoms with Crippen molar-refractivity contribution in [3.63, 3.8) is 0 Å². The summed E-state index contributed by atoms with van der Waals surface area (Å²) in [6.07, 6.45) is -1.65. The quantitative estimate of drug-likeness (QED) is 0.360. The SMILES string of the molecule is C[C@H]1c2c(Br)ccc(O)c2C(=O)C2C(=O)[C@]3(O)C(=O)C(C(N)=O)C(=O)[C@@H](N(C)C)[C@@H]3[C@@H](O)[C@@H]21. The van der Waals surface area contributed by atoms with Gasteiger partial charge in [-0.1, -0.05) is 22.9 Å². The van der Waals surface area contributed by atoms with E-state index in [2.05, 4.69) is 15.9 Å². The Kier molecular flexibility index (Phi) is 5.40. The number of phenols is 1. The van der Waals surface area contributed by atoms with Gasteiger partial charge in [-0.2, -0.15) is 0 Å². The number of phenolic OH excluding ortho intramolecular Hbond substituents is 1. The fourth-order valence-corrected chi connectivity index (χ4v) is 6.71. The number of halogens is 1. The molecule has 0 radical (unpaired) electrons. The second-order valence-corrected chi connectivity index (χ2v) is 10.1. The van der Waals surface area contributed by atoms with Gasteiger partial charge >= 0.3 is 0 Å². The molecule has 176 valence electrons. The van der Waals surface area contributed by atoms with Gasteiger partial charge in [-0.15, -0.1) is 0 Å². The summed E-state index contributed by atoms with van der Waals surface area (Å²) in [5, 5.41) is 33.3. The number of carbonyl (C=O) groups excluding carboxylic acids is 5. The highest BCUT2D eigenvalue weighted by Gasteiger charge is 2.72. The number of aliphatic hydroxyl groups excluding tert-OH is 1. The third-order valence-electron chi connectivity index (χ3n) is 7.41. The lowest BCUT2D eigenvalue weighted by Crippen LogP contribution is -2.77. The van der Waals surface area contributed by atoms with Crippen LogP contribution >= 0.6 is 15.9 Å². The number of rotatable bonds is 2. The largest absolute Gasteiger partial charge is 0.507 e. The first-order valence-corrected chi connectivity index (χ1v) is 11.1. The van der Waals surface area contributed by atoms with Gasteiger partial charge in [0, 0.05) is 10.4 Å². The Balaban J connectivity index is 1.98.